The summed E-state index contributed by atoms with van der Waals surface area (Å²) < 4.78 is 42.6. The number of nitrogens with zero attached hydrogens (tertiary/aromatic N) is 5. The van der Waals surface area contributed by atoms with Gasteiger partial charge in [-0.15, -0.1) is 18.3 Å². The normalized spacial score (nSPS) is 14.5. The van der Waals surface area contributed by atoms with Crippen LogP contribution in [0.2, 0.25) is 0 Å². The molecule has 238 valence electrons. The van der Waals surface area contributed by atoms with Crippen LogP contribution in [0.25, 0.3) is 23.2 Å². The molecule has 0 radical (unpaired) electrons. The first-order chi connectivity index (χ1) is 22.0. The molecule has 0 saturated carbocycles. The summed E-state index contributed by atoms with van der Waals surface area (Å²) in [6, 6.07) is 18.4. The number of amidine groups is 1. The molecule has 1 aromatic heterocycles. The van der Waals surface area contributed by atoms with Crippen molar-refractivity contribution in [3.05, 3.63) is 95.8 Å². The predicted molar refractivity (Wildman–Crippen MR) is 173 cm³/mol. The number of benzene rings is 3. The van der Waals surface area contributed by atoms with Crippen LogP contribution in [0.15, 0.2) is 84.1 Å². The van der Waals surface area contributed by atoms with Gasteiger partial charge in [0.25, 0.3) is 0 Å². The minimum Gasteiger partial charge on any atom is -0.406 e. The maximum Gasteiger partial charge on any atom is 0.573 e. The molecule has 2 heterocycles. The number of hydrogen-bond acceptors (Lipinski definition) is 6. The highest BCUT2D eigenvalue weighted by Crippen LogP contribution is 2.34. The van der Waals surface area contributed by atoms with Crippen LogP contribution in [-0.4, -0.2) is 50.5 Å². The Balaban J connectivity index is 1.13. The minimum atomic E-state index is -4.75. The van der Waals surface area contributed by atoms with E-state index in [4.69, 9.17) is 0 Å². The third-order valence-corrected chi connectivity index (χ3v) is 7.83. The van der Waals surface area contributed by atoms with Gasteiger partial charge in [-0.05, 0) is 66.3 Å². The number of nitrogens with one attached hydrogen (secondary N) is 1. The van der Waals surface area contributed by atoms with Crippen LogP contribution in [0.3, 0.4) is 0 Å². The fourth-order valence-corrected chi connectivity index (χ4v) is 5.55. The Morgan fingerprint density at radius 3 is 2.54 bits per heavy atom. The smallest absolute Gasteiger partial charge is 0.406 e. The molecular formula is C33H31F3N6O3S. The molecule has 1 fully saturated rings. The first kappa shape index (κ1) is 32.5. The lowest BCUT2D eigenvalue weighted by Gasteiger charge is -2.22. The van der Waals surface area contributed by atoms with Gasteiger partial charge in [0, 0.05) is 12.1 Å². The van der Waals surface area contributed by atoms with Gasteiger partial charge in [-0.3, -0.25) is 9.69 Å². The second-order valence-electron chi connectivity index (χ2n) is 10.7. The van der Waals surface area contributed by atoms with Crippen molar-refractivity contribution in [1.82, 2.24) is 20.1 Å². The van der Waals surface area contributed by atoms with E-state index in [0.29, 0.717) is 29.6 Å². The molecule has 13 heteroatoms. The van der Waals surface area contributed by atoms with Gasteiger partial charge in [0.1, 0.15) is 12.1 Å². The first-order valence-electron chi connectivity index (χ1n) is 14.4. The Kier molecular flexibility index (Phi) is 9.90. The van der Waals surface area contributed by atoms with Gasteiger partial charge in [-0.1, -0.05) is 74.2 Å². The van der Waals surface area contributed by atoms with Crippen LogP contribution < -0.4 is 15.0 Å². The van der Waals surface area contributed by atoms with Crippen molar-refractivity contribution in [3.63, 3.8) is 0 Å². The van der Waals surface area contributed by atoms with E-state index in [1.807, 2.05) is 61.5 Å². The van der Waals surface area contributed by atoms with E-state index in [9.17, 15) is 22.8 Å². The van der Waals surface area contributed by atoms with Crippen LogP contribution in [0.4, 0.5) is 23.7 Å². The summed E-state index contributed by atoms with van der Waals surface area (Å²) in [6.45, 7) is 6.46. The summed E-state index contributed by atoms with van der Waals surface area (Å²) in [5.41, 5.74) is 5.04. The number of carbonyl (C=O) groups is 2. The van der Waals surface area contributed by atoms with E-state index in [-0.39, 0.29) is 23.3 Å². The monoisotopic (exact) mass is 648 g/mol. The lowest BCUT2D eigenvalue weighted by Crippen LogP contribution is -2.32. The molecule has 0 bridgehead atoms. The average molecular weight is 649 g/mol. The molecule has 1 aliphatic rings. The van der Waals surface area contributed by atoms with Crippen LogP contribution in [0.1, 0.15) is 42.9 Å². The van der Waals surface area contributed by atoms with Gasteiger partial charge in [0.2, 0.25) is 5.91 Å². The largest absolute Gasteiger partial charge is 0.573 e. The number of carbonyl (C=O) groups excluding carboxylic acids is 2. The fraction of sp³-hybridized carbons (Fsp3) is 0.242. The van der Waals surface area contributed by atoms with Crippen molar-refractivity contribution in [2.45, 2.75) is 39.5 Å². The number of amides is 3. The van der Waals surface area contributed by atoms with E-state index < -0.39 is 12.4 Å². The quantitative estimate of drug-likeness (QED) is 0.189. The Morgan fingerprint density at radius 1 is 1.11 bits per heavy atom. The molecule has 46 heavy (non-hydrogen) atoms. The van der Waals surface area contributed by atoms with Crippen LogP contribution in [-0.2, 0) is 4.79 Å². The van der Waals surface area contributed by atoms with E-state index in [1.54, 1.807) is 4.90 Å². The van der Waals surface area contributed by atoms with Gasteiger partial charge in [-0.2, -0.15) is 4.99 Å². The summed E-state index contributed by atoms with van der Waals surface area (Å²) in [6.07, 6.45) is 1.16. The van der Waals surface area contributed by atoms with E-state index in [0.717, 1.165) is 27.9 Å². The van der Waals surface area contributed by atoms with Crippen LogP contribution in [0, 0.1) is 6.92 Å². The van der Waals surface area contributed by atoms with Crippen LogP contribution in [0.5, 0.6) is 5.75 Å². The summed E-state index contributed by atoms with van der Waals surface area (Å²) in [5.74, 6) is 0.471. The van der Waals surface area contributed by atoms with Gasteiger partial charge < -0.3 is 10.1 Å². The average Bonchev–Trinajstić information content (AvgIpc) is 3.64. The Labute approximate surface area is 268 Å². The maximum absolute atomic E-state index is 12.7. The molecule has 3 aromatic carbocycles. The zero-order chi connectivity index (χ0) is 32.8. The molecule has 5 rings (SSSR count). The highest BCUT2D eigenvalue weighted by atomic mass is 32.2. The fourth-order valence-electron chi connectivity index (χ4n) is 4.69. The van der Waals surface area contributed by atoms with E-state index in [2.05, 4.69) is 39.0 Å². The summed E-state index contributed by atoms with van der Waals surface area (Å²) in [4.78, 5) is 35.4. The standard InChI is InChI=1S/C33H31F3N6O3S/c1-21(2)27-16-7-22(3)18-28(27)42-29(43)19-46-32(42)39-31(44)37-17-5-4-6-23-8-10-24(11-9-23)30-38-20-41(40-30)25-12-14-26(15-13-25)45-33(34,35)36/h4,6-16,18,20-21H,5,17,19H2,1-3H3,(H,37,44)/b6-4+,39-32?. The van der Waals surface area contributed by atoms with Crippen molar-refractivity contribution < 1.29 is 27.5 Å². The Bertz CT molecular complexity index is 1770. The second-order valence-corrected chi connectivity index (χ2v) is 11.7. The molecule has 1 saturated heterocycles. The number of alkyl halides is 3. The number of aromatic nitrogens is 3. The highest BCUT2D eigenvalue weighted by Gasteiger charge is 2.33. The van der Waals surface area contributed by atoms with E-state index >= 15 is 0 Å². The number of thioether (sulfide) groups is 1. The third kappa shape index (κ3) is 8.21. The Morgan fingerprint density at radius 2 is 1.85 bits per heavy atom. The summed E-state index contributed by atoms with van der Waals surface area (Å²) in [5, 5.41) is 7.58. The number of halogens is 3. The topological polar surface area (TPSA) is 102 Å². The van der Waals surface area contributed by atoms with Gasteiger partial charge in [-0.25, -0.2) is 14.5 Å². The molecule has 0 unspecified atom stereocenters. The molecule has 0 atom stereocenters. The SMILES string of the molecule is Cc1ccc(C(C)C)c(N2C(=O)CSC2=NC(=O)NCC/C=C/c2ccc(-c3ncn(-c4ccc(OC(F)(F)F)cc4)n3)cc2)c1. The molecule has 9 nitrogen and oxygen atoms in total. The van der Waals surface area contributed by atoms with E-state index in [1.165, 1.54) is 47.0 Å². The number of rotatable bonds is 9. The zero-order valence-electron chi connectivity index (χ0n) is 25.3. The van der Waals surface area contributed by atoms with Crippen molar-refractivity contribution in [2.75, 3.05) is 17.2 Å². The van der Waals surface area contributed by atoms with Crippen molar-refractivity contribution in [1.29, 1.82) is 0 Å². The maximum atomic E-state index is 12.7. The van der Waals surface area contributed by atoms with Gasteiger partial charge in [0.15, 0.2) is 11.0 Å². The second kappa shape index (κ2) is 14.0. The minimum absolute atomic E-state index is 0.102. The summed E-state index contributed by atoms with van der Waals surface area (Å²) in [7, 11) is 0. The molecule has 0 aliphatic carbocycles. The number of anilines is 1. The van der Waals surface area contributed by atoms with Gasteiger partial charge >= 0.3 is 12.4 Å². The third-order valence-electron chi connectivity index (χ3n) is 6.90. The molecule has 4 aromatic rings. The summed E-state index contributed by atoms with van der Waals surface area (Å²) >= 11 is 1.25. The van der Waals surface area contributed by atoms with Crippen molar-refractivity contribution >= 4 is 40.6 Å². The molecular weight excluding hydrogens is 617 g/mol. The van der Waals surface area contributed by atoms with Gasteiger partial charge in [0.05, 0.1) is 17.1 Å². The molecule has 1 N–H and O–H groups in total. The molecule has 1 aliphatic heterocycles. The molecule has 3 amide bonds. The number of ether oxygens (including phenoxy) is 1. The predicted octanol–water partition coefficient (Wildman–Crippen LogP) is 7.51. The Hall–Kier alpha value is -4.91. The molecule has 0 spiro atoms. The zero-order valence-corrected chi connectivity index (χ0v) is 26.1. The number of aryl methyl sites for hydroxylation is 1. The number of hydrogen-bond donors (Lipinski definition) is 1. The highest BCUT2D eigenvalue weighted by molar-refractivity contribution is 8.15. The van der Waals surface area contributed by atoms with Crippen molar-refractivity contribution in [3.8, 4) is 22.8 Å². The lowest BCUT2D eigenvalue weighted by atomic mass is 9.99. The number of aliphatic imine (C=N–C) groups is 1. The first-order valence-corrected chi connectivity index (χ1v) is 15.4. The lowest BCUT2D eigenvalue weighted by molar-refractivity contribution is -0.274. The van der Waals surface area contributed by atoms with Crippen LogP contribution >= 0.6 is 11.8 Å². The van der Waals surface area contributed by atoms with Crippen molar-refractivity contribution in [2.24, 2.45) is 4.99 Å². The number of urea groups is 1.